The molecule has 0 bridgehead atoms. The summed E-state index contributed by atoms with van der Waals surface area (Å²) in [6, 6.07) is 0. The number of nitrogens with one attached hydrogen (secondary N) is 1. The number of nitrogens with zero attached hydrogens (tertiary/aromatic N) is 2. The molecule has 0 saturated carbocycles. The fraction of sp³-hybridized carbons (Fsp3) is 0.667. The standard InChI is InChI=1S/C9H16ClN3O4S/c1-13-6-11-9(8(13)10)18(15,16)12-4-3-7(14)5-17-2/h6-7,12,14H,3-5H2,1-2H3. The maximum Gasteiger partial charge on any atom is 0.261 e. The Labute approximate surface area is 111 Å². The summed E-state index contributed by atoms with van der Waals surface area (Å²) in [5.74, 6) is 0. The van der Waals surface area contributed by atoms with Crippen molar-refractivity contribution < 1.29 is 18.3 Å². The number of methoxy groups -OCH3 is 1. The first-order chi connectivity index (χ1) is 8.38. The summed E-state index contributed by atoms with van der Waals surface area (Å²) in [5, 5.41) is 9.20. The second-order valence-electron chi connectivity index (χ2n) is 3.75. The second-order valence-corrected chi connectivity index (χ2v) is 5.79. The molecule has 0 saturated heterocycles. The van der Waals surface area contributed by atoms with Crippen LogP contribution < -0.4 is 4.72 Å². The van der Waals surface area contributed by atoms with Gasteiger partial charge in [-0.2, -0.15) is 0 Å². The van der Waals surface area contributed by atoms with Gasteiger partial charge in [0, 0.05) is 20.7 Å². The number of aromatic nitrogens is 2. The average molecular weight is 298 g/mol. The summed E-state index contributed by atoms with van der Waals surface area (Å²) in [6.45, 7) is 0.242. The molecule has 0 aliphatic heterocycles. The van der Waals surface area contributed by atoms with Gasteiger partial charge in [0.05, 0.1) is 19.0 Å². The molecule has 1 rings (SSSR count). The van der Waals surface area contributed by atoms with Crippen molar-refractivity contribution in [3.8, 4) is 0 Å². The number of rotatable bonds is 7. The van der Waals surface area contributed by atoms with Crippen LogP contribution in [-0.2, 0) is 21.8 Å². The van der Waals surface area contributed by atoms with Crippen molar-refractivity contribution in [2.45, 2.75) is 17.6 Å². The minimum absolute atomic E-state index is 0.0416. The zero-order valence-corrected chi connectivity index (χ0v) is 11.7. The molecule has 2 N–H and O–H groups in total. The van der Waals surface area contributed by atoms with Crippen LogP contribution in [0.4, 0.5) is 0 Å². The zero-order chi connectivity index (χ0) is 13.8. The monoisotopic (exact) mass is 297 g/mol. The van der Waals surface area contributed by atoms with Crippen molar-refractivity contribution in [1.82, 2.24) is 14.3 Å². The molecule has 0 aliphatic carbocycles. The molecule has 0 amide bonds. The number of sulfonamides is 1. The molecule has 0 aliphatic rings. The molecule has 0 radical (unpaired) electrons. The van der Waals surface area contributed by atoms with Gasteiger partial charge in [0.25, 0.3) is 10.0 Å². The summed E-state index contributed by atoms with van der Waals surface area (Å²) in [6.07, 6.45) is 0.852. The normalized spacial score (nSPS) is 13.8. The molecule has 9 heteroatoms. The lowest BCUT2D eigenvalue weighted by Gasteiger charge is -2.09. The molecule has 1 atom stereocenters. The third kappa shape index (κ3) is 3.92. The van der Waals surface area contributed by atoms with E-state index in [0.717, 1.165) is 0 Å². The Hall–Kier alpha value is -0.670. The van der Waals surface area contributed by atoms with Crippen LogP contribution in [0, 0.1) is 0 Å². The fourth-order valence-corrected chi connectivity index (χ4v) is 2.75. The maximum absolute atomic E-state index is 11.8. The van der Waals surface area contributed by atoms with Crippen LogP contribution in [-0.4, -0.2) is 49.4 Å². The highest BCUT2D eigenvalue weighted by Crippen LogP contribution is 2.18. The summed E-state index contributed by atoms with van der Waals surface area (Å²) in [7, 11) is -0.693. The molecule has 0 fully saturated rings. The highest BCUT2D eigenvalue weighted by atomic mass is 35.5. The van der Waals surface area contributed by atoms with E-state index in [1.54, 1.807) is 7.05 Å². The van der Waals surface area contributed by atoms with Gasteiger partial charge in [0.1, 0.15) is 5.15 Å². The molecule has 1 unspecified atom stereocenters. The quantitative estimate of drug-likeness (QED) is 0.724. The van der Waals surface area contributed by atoms with Crippen LogP contribution in [0.15, 0.2) is 11.4 Å². The van der Waals surface area contributed by atoms with Gasteiger partial charge >= 0.3 is 0 Å². The predicted octanol–water partition coefficient (Wildman–Crippen LogP) is -0.251. The molecule has 18 heavy (non-hydrogen) atoms. The summed E-state index contributed by atoms with van der Waals surface area (Å²) in [5.41, 5.74) is 0. The van der Waals surface area contributed by atoms with Gasteiger partial charge in [0.15, 0.2) is 0 Å². The van der Waals surface area contributed by atoms with Crippen molar-refractivity contribution >= 4 is 21.6 Å². The second kappa shape index (κ2) is 6.48. The first kappa shape index (κ1) is 15.4. The predicted molar refractivity (Wildman–Crippen MR) is 65.9 cm³/mol. The zero-order valence-electron chi connectivity index (χ0n) is 10.1. The fourth-order valence-electron chi connectivity index (χ4n) is 1.28. The number of aliphatic hydroxyl groups excluding tert-OH is 1. The van der Waals surface area contributed by atoms with Crippen LogP contribution in [0.25, 0.3) is 0 Å². The van der Waals surface area contributed by atoms with Crippen LogP contribution in [0.1, 0.15) is 6.42 Å². The van der Waals surface area contributed by atoms with E-state index in [1.165, 1.54) is 18.0 Å². The molecule has 0 spiro atoms. The van der Waals surface area contributed by atoms with Crippen molar-refractivity contribution in [2.24, 2.45) is 7.05 Å². The van der Waals surface area contributed by atoms with Crippen molar-refractivity contribution in [2.75, 3.05) is 20.3 Å². The van der Waals surface area contributed by atoms with Crippen molar-refractivity contribution in [3.05, 3.63) is 11.5 Å². The number of aryl methyl sites for hydroxylation is 1. The average Bonchev–Trinajstić information content (AvgIpc) is 2.60. The van der Waals surface area contributed by atoms with Crippen LogP contribution in [0.2, 0.25) is 5.15 Å². The Morgan fingerprint density at radius 2 is 2.33 bits per heavy atom. The van der Waals surface area contributed by atoms with E-state index in [0.29, 0.717) is 0 Å². The molecular formula is C9H16ClN3O4S. The van der Waals surface area contributed by atoms with E-state index in [-0.39, 0.29) is 29.8 Å². The Bertz CT molecular complexity index is 488. The van der Waals surface area contributed by atoms with Gasteiger partial charge in [-0.15, -0.1) is 0 Å². The highest BCUT2D eigenvalue weighted by molar-refractivity contribution is 7.89. The van der Waals surface area contributed by atoms with Gasteiger partial charge in [-0.3, -0.25) is 0 Å². The molecular weight excluding hydrogens is 282 g/mol. The van der Waals surface area contributed by atoms with E-state index in [2.05, 4.69) is 9.71 Å². The summed E-state index contributed by atoms with van der Waals surface area (Å²) in [4.78, 5) is 3.71. The Morgan fingerprint density at radius 1 is 1.67 bits per heavy atom. The van der Waals surface area contributed by atoms with Crippen molar-refractivity contribution in [3.63, 3.8) is 0 Å². The first-order valence-corrected chi connectivity index (χ1v) is 7.08. The molecule has 104 valence electrons. The molecule has 1 aromatic rings. The first-order valence-electron chi connectivity index (χ1n) is 5.22. The minimum Gasteiger partial charge on any atom is -0.391 e. The Kier molecular flexibility index (Phi) is 5.54. The number of aliphatic hydroxyl groups is 1. The van der Waals surface area contributed by atoms with Crippen LogP contribution >= 0.6 is 11.6 Å². The van der Waals surface area contributed by atoms with E-state index < -0.39 is 16.1 Å². The lowest BCUT2D eigenvalue weighted by molar-refractivity contribution is 0.0603. The van der Waals surface area contributed by atoms with Gasteiger partial charge < -0.3 is 14.4 Å². The summed E-state index contributed by atoms with van der Waals surface area (Å²) >= 11 is 5.80. The van der Waals surface area contributed by atoms with E-state index >= 15 is 0 Å². The number of hydrogen-bond acceptors (Lipinski definition) is 5. The smallest absolute Gasteiger partial charge is 0.261 e. The SMILES string of the molecule is COCC(O)CCNS(=O)(=O)c1ncn(C)c1Cl. The molecule has 0 aromatic carbocycles. The van der Waals surface area contributed by atoms with Crippen LogP contribution in [0.5, 0.6) is 0 Å². The lowest BCUT2D eigenvalue weighted by Crippen LogP contribution is -2.29. The molecule has 1 aromatic heterocycles. The number of hydrogen-bond donors (Lipinski definition) is 2. The lowest BCUT2D eigenvalue weighted by atomic mass is 10.3. The summed E-state index contributed by atoms with van der Waals surface area (Å²) < 4.78 is 32.1. The molecule has 7 nitrogen and oxygen atoms in total. The van der Waals surface area contributed by atoms with Gasteiger partial charge in [0.2, 0.25) is 5.03 Å². The maximum atomic E-state index is 11.8. The van der Waals surface area contributed by atoms with Gasteiger partial charge in [-0.05, 0) is 6.42 Å². The van der Waals surface area contributed by atoms with Crippen molar-refractivity contribution in [1.29, 1.82) is 0 Å². The minimum atomic E-state index is -3.75. The Balaban J connectivity index is 2.58. The topological polar surface area (TPSA) is 93.4 Å². The Morgan fingerprint density at radius 3 is 2.83 bits per heavy atom. The largest absolute Gasteiger partial charge is 0.391 e. The highest BCUT2D eigenvalue weighted by Gasteiger charge is 2.22. The number of imidazole rings is 1. The third-order valence-electron chi connectivity index (χ3n) is 2.22. The van der Waals surface area contributed by atoms with Gasteiger partial charge in [-0.25, -0.2) is 18.1 Å². The number of halogens is 1. The van der Waals surface area contributed by atoms with E-state index in [1.807, 2.05) is 0 Å². The third-order valence-corrected chi connectivity index (χ3v) is 4.17. The van der Waals surface area contributed by atoms with Crippen LogP contribution in [0.3, 0.4) is 0 Å². The van der Waals surface area contributed by atoms with Gasteiger partial charge in [-0.1, -0.05) is 11.6 Å². The van der Waals surface area contributed by atoms with E-state index in [9.17, 15) is 13.5 Å². The van der Waals surface area contributed by atoms with E-state index in [4.69, 9.17) is 16.3 Å². The number of ether oxygens (including phenoxy) is 1. The molecule has 1 heterocycles.